The van der Waals surface area contributed by atoms with Gasteiger partial charge in [-0.05, 0) is 42.0 Å². The van der Waals surface area contributed by atoms with Crippen LogP contribution in [0.1, 0.15) is 16.7 Å². The molecule has 0 atom stereocenters. The largest absolute Gasteiger partial charge is 0.416 e. The van der Waals surface area contributed by atoms with Crippen LogP contribution in [0.5, 0.6) is 0 Å². The Morgan fingerprint density at radius 1 is 0.655 bits per heavy atom. The lowest BCUT2D eigenvalue weighted by atomic mass is 10.2. The van der Waals surface area contributed by atoms with Crippen molar-refractivity contribution >= 4 is 27.7 Å². The van der Waals surface area contributed by atoms with Crippen LogP contribution in [0, 0.1) is 0 Å². The van der Waals surface area contributed by atoms with Gasteiger partial charge in [-0.2, -0.15) is 26.3 Å². The Morgan fingerprint density at radius 2 is 1.21 bits per heavy atom. The molecule has 0 unspecified atom stereocenters. The van der Waals surface area contributed by atoms with Gasteiger partial charge in [0.1, 0.15) is 0 Å². The van der Waals surface area contributed by atoms with Crippen LogP contribution in [-0.4, -0.2) is 0 Å². The van der Waals surface area contributed by atoms with E-state index in [1.165, 1.54) is 30.0 Å². The van der Waals surface area contributed by atoms with Crippen molar-refractivity contribution in [2.24, 2.45) is 0 Å². The topological polar surface area (TPSA) is 0 Å². The third kappa shape index (κ3) is 8.14. The number of rotatable bonds is 3. The van der Waals surface area contributed by atoms with Gasteiger partial charge in [0.15, 0.2) is 0 Å². The maximum atomic E-state index is 12.5. The average molecular weight is 493 g/mol. The molecule has 3 aromatic rings. The van der Waals surface area contributed by atoms with Gasteiger partial charge in [0, 0.05) is 15.1 Å². The van der Waals surface area contributed by atoms with Gasteiger partial charge < -0.3 is 0 Å². The van der Waals surface area contributed by atoms with Gasteiger partial charge in [0.05, 0.1) is 11.1 Å². The highest BCUT2D eigenvalue weighted by Crippen LogP contribution is 2.33. The minimum atomic E-state index is -4.27. The van der Waals surface area contributed by atoms with Crippen LogP contribution in [0.2, 0.25) is 0 Å². The fourth-order valence-corrected chi connectivity index (χ4v) is 3.48. The Morgan fingerprint density at radius 3 is 1.72 bits per heavy atom. The third-order valence-electron chi connectivity index (χ3n) is 3.56. The Labute approximate surface area is 177 Å². The first-order chi connectivity index (χ1) is 13.6. The van der Waals surface area contributed by atoms with Crippen molar-refractivity contribution in [3.8, 4) is 0 Å². The van der Waals surface area contributed by atoms with Gasteiger partial charge in [-0.25, -0.2) is 0 Å². The van der Waals surface area contributed by atoms with Gasteiger partial charge in [0.2, 0.25) is 0 Å². The Balaban J connectivity index is 0.000000234. The van der Waals surface area contributed by atoms with E-state index in [2.05, 4.69) is 15.9 Å². The van der Waals surface area contributed by atoms with Crippen LogP contribution >= 0.6 is 27.7 Å². The summed E-state index contributed by atoms with van der Waals surface area (Å²) in [5.74, 6) is 0.669. The molecule has 3 rings (SSSR count). The first-order valence-corrected chi connectivity index (χ1v) is 10.0. The molecular weight excluding hydrogens is 478 g/mol. The molecule has 0 nitrogen and oxygen atoms in total. The molecule has 0 aliphatic carbocycles. The number of halogens is 7. The predicted octanol–water partition coefficient (Wildman–Crippen LogP) is 8.47. The number of alkyl halides is 6. The van der Waals surface area contributed by atoms with Gasteiger partial charge in [-0.1, -0.05) is 58.4 Å². The molecular formula is C21H15BrF6S. The Bertz CT molecular complexity index is 907. The smallest absolute Gasteiger partial charge is 0.166 e. The van der Waals surface area contributed by atoms with Crippen LogP contribution in [0.4, 0.5) is 26.3 Å². The van der Waals surface area contributed by atoms with E-state index in [-0.39, 0.29) is 0 Å². The first kappa shape index (κ1) is 23.3. The summed E-state index contributed by atoms with van der Waals surface area (Å²) in [6, 6.07) is 20.1. The molecule has 29 heavy (non-hydrogen) atoms. The van der Waals surface area contributed by atoms with Gasteiger partial charge >= 0.3 is 12.4 Å². The summed E-state index contributed by atoms with van der Waals surface area (Å²) in [5.41, 5.74) is -0.132. The summed E-state index contributed by atoms with van der Waals surface area (Å²) in [4.78, 5) is 0.633. The Kier molecular flexibility index (Phi) is 8.22. The van der Waals surface area contributed by atoms with Gasteiger partial charge in [-0.3, -0.25) is 0 Å². The molecule has 3 aromatic carbocycles. The third-order valence-corrected chi connectivity index (χ3v) is 5.12. The van der Waals surface area contributed by atoms with Gasteiger partial charge in [0.25, 0.3) is 0 Å². The predicted molar refractivity (Wildman–Crippen MR) is 107 cm³/mol. The van der Waals surface area contributed by atoms with E-state index >= 15 is 0 Å². The molecule has 0 aromatic heterocycles. The molecule has 0 heterocycles. The molecule has 0 radical (unpaired) electrons. The van der Waals surface area contributed by atoms with Crippen molar-refractivity contribution in [1.29, 1.82) is 0 Å². The Hall–Kier alpha value is -1.93. The van der Waals surface area contributed by atoms with Crippen molar-refractivity contribution in [1.82, 2.24) is 0 Å². The summed E-state index contributed by atoms with van der Waals surface area (Å²) in [6.45, 7) is 0. The number of hydrogen-bond donors (Lipinski definition) is 0. The summed E-state index contributed by atoms with van der Waals surface area (Å²) in [7, 11) is 0. The molecule has 0 aliphatic heterocycles. The maximum Gasteiger partial charge on any atom is 0.416 e. The summed E-state index contributed by atoms with van der Waals surface area (Å²) in [6.07, 6.45) is -8.52. The molecule has 154 valence electrons. The zero-order valence-electron chi connectivity index (χ0n) is 14.8. The fraction of sp³-hybridized carbons (Fsp3) is 0.143. The number of benzene rings is 3. The summed E-state index contributed by atoms with van der Waals surface area (Å²) >= 11 is 4.36. The number of thioether (sulfide) groups is 1. The van der Waals surface area contributed by atoms with Crippen molar-refractivity contribution in [2.45, 2.75) is 23.0 Å². The molecule has 0 saturated heterocycles. The minimum absolute atomic E-state index is 0.437. The normalized spacial score (nSPS) is 11.6. The molecule has 0 spiro atoms. The molecule has 8 heteroatoms. The highest BCUT2D eigenvalue weighted by Gasteiger charge is 2.30. The highest BCUT2D eigenvalue weighted by molar-refractivity contribution is 9.10. The molecule has 0 bridgehead atoms. The second-order valence-electron chi connectivity index (χ2n) is 5.81. The van der Waals surface area contributed by atoms with Crippen LogP contribution < -0.4 is 0 Å². The van der Waals surface area contributed by atoms with E-state index in [0.29, 0.717) is 15.1 Å². The van der Waals surface area contributed by atoms with Crippen molar-refractivity contribution < 1.29 is 26.3 Å². The van der Waals surface area contributed by atoms with Crippen LogP contribution in [0.3, 0.4) is 0 Å². The molecule has 0 aliphatic rings. The molecule has 0 fully saturated rings. The van der Waals surface area contributed by atoms with E-state index in [1.807, 2.05) is 30.3 Å². The van der Waals surface area contributed by atoms with E-state index < -0.39 is 23.5 Å². The van der Waals surface area contributed by atoms with Crippen molar-refractivity contribution in [2.75, 3.05) is 0 Å². The SMILES string of the molecule is FC(F)(F)c1cccc(Br)c1.FC(F)(F)c1cccc(SCc2ccccc2)c1. The van der Waals surface area contributed by atoms with Crippen molar-refractivity contribution in [3.05, 3.63) is 100 Å². The lowest BCUT2D eigenvalue weighted by Crippen LogP contribution is -2.04. The standard InChI is InChI=1S/C14H11F3S.C7H4BrF3/c15-14(16,17)12-7-4-8-13(9-12)18-10-11-5-2-1-3-6-11;8-6-3-1-2-5(4-6)7(9,10)11/h1-9H,10H2;1-4H. The van der Waals surface area contributed by atoms with Crippen LogP contribution in [0.15, 0.2) is 88.2 Å². The zero-order valence-corrected chi connectivity index (χ0v) is 17.2. The molecule has 0 amide bonds. The van der Waals surface area contributed by atoms with Crippen LogP contribution in [-0.2, 0) is 18.1 Å². The van der Waals surface area contributed by atoms with E-state index in [4.69, 9.17) is 0 Å². The maximum absolute atomic E-state index is 12.5. The summed E-state index contributed by atoms with van der Waals surface area (Å²) in [5, 5.41) is 0. The summed E-state index contributed by atoms with van der Waals surface area (Å²) < 4.78 is 73.8. The second kappa shape index (κ2) is 10.2. The van der Waals surface area contributed by atoms with E-state index in [0.717, 1.165) is 23.8 Å². The lowest BCUT2D eigenvalue weighted by Gasteiger charge is -2.08. The monoisotopic (exact) mass is 492 g/mol. The second-order valence-corrected chi connectivity index (χ2v) is 7.77. The average Bonchev–Trinajstić information content (AvgIpc) is 2.67. The quantitative estimate of drug-likeness (QED) is 0.261. The molecule has 0 N–H and O–H groups in total. The fourth-order valence-electron chi connectivity index (χ4n) is 2.17. The van der Waals surface area contributed by atoms with Gasteiger partial charge in [-0.15, -0.1) is 11.8 Å². The van der Waals surface area contributed by atoms with E-state index in [9.17, 15) is 26.3 Å². The van der Waals surface area contributed by atoms with E-state index in [1.54, 1.807) is 12.1 Å². The minimum Gasteiger partial charge on any atom is -0.166 e. The van der Waals surface area contributed by atoms with Crippen LogP contribution in [0.25, 0.3) is 0 Å². The zero-order chi connectivity index (χ0) is 21.5. The lowest BCUT2D eigenvalue weighted by molar-refractivity contribution is -0.138. The highest BCUT2D eigenvalue weighted by atomic mass is 79.9. The number of hydrogen-bond acceptors (Lipinski definition) is 1. The van der Waals surface area contributed by atoms with Crippen molar-refractivity contribution in [3.63, 3.8) is 0 Å². The molecule has 0 saturated carbocycles. The first-order valence-electron chi connectivity index (χ1n) is 8.22.